The summed E-state index contributed by atoms with van der Waals surface area (Å²) in [6.45, 7) is 4.15. The SMILES string of the molecule is CCc1cn[nH]c1C1CCN(c2cc(N)ncn2)CC1. The minimum Gasteiger partial charge on any atom is -0.384 e. The van der Waals surface area contributed by atoms with E-state index in [2.05, 4.69) is 32.0 Å². The van der Waals surface area contributed by atoms with Crippen LogP contribution in [0.1, 0.15) is 36.9 Å². The maximum atomic E-state index is 5.72. The lowest BCUT2D eigenvalue weighted by atomic mass is 9.91. The minimum atomic E-state index is 0.527. The van der Waals surface area contributed by atoms with Gasteiger partial charge in [0.2, 0.25) is 0 Å². The number of nitrogens with one attached hydrogen (secondary N) is 1. The highest BCUT2D eigenvalue weighted by Gasteiger charge is 2.24. The smallest absolute Gasteiger partial charge is 0.134 e. The van der Waals surface area contributed by atoms with E-state index in [0.717, 1.165) is 38.2 Å². The van der Waals surface area contributed by atoms with Crippen molar-refractivity contribution in [2.45, 2.75) is 32.1 Å². The van der Waals surface area contributed by atoms with E-state index in [1.165, 1.54) is 17.6 Å². The van der Waals surface area contributed by atoms with Crippen molar-refractivity contribution in [2.24, 2.45) is 0 Å². The molecule has 0 amide bonds. The number of anilines is 2. The average Bonchev–Trinajstić information content (AvgIpc) is 2.96. The van der Waals surface area contributed by atoms with Crippen LogP contribution in [0.4, 0.5) is 11.6 Å². The summed E-state index contributed by atoms with van der Waals surface area (Å²) in [4.78, 5) is 10.5. The molecule has 3 N–H and O–H groups in total. The first kappa shape index (κ1) is 12.9. The Labute approximate surface area is 118 Å². The number of piperidine rings is 1. The Hall–Kier alpha value is -2.11. The third kappa shape index (κ3) is 2.45. The summed E-state index contributed by atoms with van der Waals surface area (Å²) in [6, 6.07) is 1.84. The Bertz CT molecular complexity index is 571. The first-order chi connectivity index (χ1) is 9.78. The number of nitrogens with two attached hydrogens (primary N) is 1. The van der Waals surface area contributed by atoms with E-state index in [1.54, 1.807) is 0 Å². The molecule has 1 fully saturated rings. The van der Waals surface area contributed by atoms with Crippen LogP contribution < -0.4 is 10.6 Å². The standard InChI is InChI=1S/C14H20N6/c1-2-10-8-18-19-14(10)11-3-5-20(6-4-11)13-7-12(15)16-9-17-13/h7-9,11H,2-6H2,1H3,(H,18,19)(H2,15,16,17). The molecule has 1 saturated heterocycles. The Balaban J connectivity index is 1.68. The number of hydrogen-bond acceptors (Lipinski definition) is 5. The molecule has 106 valence electrons. The lowest BCUT2D eigenvalue weighted by Crippen LogP contribution is -2.33. The molecule has 2 aromatic rings. The number of hydrogen-bond donors (Lipinski definition) is 2. The van der Waals surface area contributed by atoms with Gasteiger partial charge in [-0.1, -0.05) is 6.92 Å². The number of aromatic amines is 1. The molecule has 0 atom stereocenters. The zero-order chi connectivity index (χ0) is 13.9. The summed E-state index contributed by atoms with van der Waals surface area (Å²) in [6.07, 6.45) is 6.74. The van der Waals surface area contributed by atoms with Crippen LogP contribution in [0.25, 0.3) is 0 Å². The highest BCUT2D eigenvalue weighted by atomic mass is 15.2. The van der Waals surface area contributed by atoms with Crippen LogP contribution >= 0.6 is 0 Å². The third-order valence-electron chi connectivity index (χ3n) is 4.03. The number of aromatic nitrogens is 4. The summed E-state index contributed by atoms with van der Waals surface area (Å²) >= 11 is 0. The minimum absolute atomic E-state index is 0.527. The molecule has 6 heteroatoms. The van der Waals surface area contributed by atoms with Gasteiger partial charge in [-0.3, -0.25) is 5.10 Å². The molecular formula is C14H20N6. The Morgan fingerprint density at radius 2 is 2.15 bits per heavy atom. The van der Waals surface area contributed by atoms with E-state index in [4.69, 9.17) is 5.73 Å². The van der Waals surface area contributed by atoms with Crippen molar-refractivity contribution in [2.75, 3.05) is 23.7 Å². The maximum Gasteiger partial charge on any atom is 0.134 e. The van der Waals surface area contributed by atoms with Crippen molar-refractivity contribution in [1.29, 1.82) is 0 Å². The molecule has 0 aromatic carbocycles. The van der Waals surface area contributed by atoms with Crippen molar-refractivity contribution in [3.63, 3.8) is 0 Å². The summed E-state index contributed by atoms with van der Waals surface area (Å²) in [5.41, 5.74) is 8.37. The molecule has 6 nitrogen and oxygen atoms in total. The summed E-state index contributed by atoms with van der Waals surface area (Å²) in [5.74, 6) is 2.03. The number of nitrogens with zero attached hydrogens (tertiary/aromatic N) is 4. The Morgan fingerprint density at radius 3 is 2.85 bits per heavy atom. The predicted octanol–water partition coefficient (Wildman–Crippen LogP) is 1.73. The largest absolute Gasteiger partial charge is 0.384 e. The molecule has 20 heavy (non-hydrogen) atoms. The van der Waals surface area contributed by atoms with Crippen molar-refractivity contribution in [3.05, 3.63) is 29.8 Å². The molecule has 2 aromatic heterocycles. The van der Waals surface area contributed by atoms with Crippen LogP contribution in [-0.4, -0.2) is 33.3 Å². The van der Waals surface area contributed by atoms with E-state index >= 15 is 0 Å². The first-order valence-electron chi connectivity index (χ1n) is 7.12. The van der Waals surface area contributed by atoms with Gasteiger partial charge in [0.15, 0.2) is 0 Å². The van der Waals surface area contributed by atoms with Crippen LogP contribution in [0, 0.1) is 0 Å². The van der Waals surface area contributed by atoms with Gasteiger partial charge in [-0.15, -0.1) is 0 Å². The van der Waals surface area contributed by atoms with Gasteiger partial charge in [-0.05, 0) is 24.8 Å². The van der Waals surface area contributed by atoms with E-state index < -0.39 is 0 Å². The quantitative estimate of drug-likeness (QED) is 0.889. The maximum absolute atomic E-state index is 5.72. The van der Waals surface area contributed by atoms with E-state index in [9.17, 15) is 0 Å². The van der Waals surface area contributed by atoms with Gasteiger partial charge in [0.1, 0.15) is 18.0 Å². The molecule has 0 spiro atoms. The van der Waals surface area contributed by atoms with Gasteiger partial charge in [-0.25, -0.2) is 9.97 Å². The highest BCUT2D eigenvalue weighted by molar-refractivity contribution is 5.46. The average molecular weight is 272 g/mol. The Morgan fingerprint density at radius 1 is 1.35 bits per heavy atom. The number of rotatable bonds is 3. The Kier molecular flexibility index (Phi) is 3.54. The van der Waals surface area contributed by atoms with Gasteiger partial charge in [0.25, 0.3) is 0 Å². The van der Waals surface area contributed by atoms with Gasteiger partial charge >= 0.3 is 0 Å². The van der Waals surface area contributed by atoms with Crippen LogP contribution in [-0.2, 0) is 6.42 Å². The molecule has 0 saturated carbocycles. The zero-order valence-electron chi connectivity index (χ0n) is 11.7. The second-order valence-corrected chi connectivity index (χ2v) is 5.22. The second kappa shape index (κ2) is 5.48. The lowest BCUT2D eigenvalue weighted by molar-refractivity contribution is 0.490. The molecule has 0 bridgehead atoms. The molecule has 0 radical (unpaired) electrons. The second-order valence-electron chi connectivity index (χ2n) is 5.22. The van der Waals surface area contributed by atoms with Gasteiger partial charge < -0.3 is 10.6 Å². The molecule has 0 aliphatic carbocycles. The van der Waals surface area contributed by atoms with Crippen molar-refractivity contribution in [3.8, 4) is 0 Å². The highest BCUT2D eigenvalue weighted by Crippen LogP contribution is 2.30. The molecule has 3 rings (SSSR count). The number of nitrogen functional groups attached to an aromatic ring is 1. The topological polar surface area (TPSA) is 83.7 Å². The van der Waals surface area contributed by atoms with Gasteiger partial charge in [-0.2, -0.15) is 5.10 Å². The normalized spacial score (nSPS) is 16.6. The van der Waals surface area contributed by atoms with E-state index in [1.807, 2.05) is 12.3 Å². The molecule has 3 heterocycles. The van der Waals surface area contributed by atoms with E-state index in [-0.39, 0.29) is 0 Å². The summed E-state index contributed by atoms with van der Waals surface area (Å²) in [5, 5.41) is 7.36. The van der Waals surface area contributed by atoms with E-state index in [0.29, 0.717) is 11.7 Å². The molecular weight excluding hydrogens is 252 g/mol. The fourth-order valence-corrected chi connectivity index (χ4v) is 2.89. The third-order valence-corrected chi connectivity index (χ3v) is 4.03. The molecule has 1 aliphatic rings. The van der Waals surface area contributed by atoms with Crippen LogP contribution in [0.5, 0.6) is 0 Å². The van der Waals surface area contributed by atoms with Crippen molar-refractivity contribution < 1.29 is 0 Å². The fraction of sp³-hybridized carbons (Fsp3) is 0.500. The number of aryl methyl sites for hydroxylation is 1. The van der Waals surface area contributed by atoms with Crippen molar-refractivity contribution in [1.82, 2.24) is 20.2 Å². The molecule has 1 aliphatic heterocycles. The van der Waals surface area contributed by atoms with Gasteiger partial charge in [0, 0.05) is 30.8 Å². The monoisotopic (exact) mass is 272 g/mol. The lowest BCUT2D eigenvalue weighted by Gasteiger charge is -2.32. The summed E-state index contributed by atoms with van der Waals surface area (Å²) < 4.78 is 0. The van der Waals surface area contributed by atoms with Crippen molar-refractivity contribution >= 4 is 11.6 Å². The number of H-pyrrole nitrogens is 1. The fourth-order valence-electron chi connectivity index (χ4n) is 2.89. The van der Waals surface area contributed by atoms with Crippen LogP contribution in [0.2, 0.25) is 0 Å². The van der Waals surface area contributed by atoms with Crippen LogP contribution in [0.15, 0.2) is 18.6 Å². The zero-order valence-corrected chi connectivity index (χ0v) is 11.7. The predicted molar refractivity (Wildman–Crippen MR) is 78.6 cm³/mol. The van der Waals surface area contributed by atoms with Gasteiger partial charge in [0.05, 0.1) is 6.20 Å². The van der Waals surface area contributed by atoms with Crippen LogP contribution in [0.3, 0.4) is 0 Å². The summed E-state index contributed by atoms with van der Waals surface area (Å²) in [7, 11) is 0. The first-order valence-corrected chi connectivity index (χ1v) is 7.12. The molecule has 0 unspecified atom stereocenters.